The van der Waals surface area contributed by atoms with Gasteiger partial charge in [0.15, 0.2) is 0 Å². The fraction of sp³-hybridized carbons (Fsp3) is 0.0909. The van der Waals surface area contributed by atoms with Gasteiger partial charge in [0.2, 0.25) is 0 Å². The molecule has 1 aromatic carbocycles. The van der Waals surface area contributed by atoms with E-state index in [0.29, 0.717) is 11.4 Å². The average Bonchev–Trinajstić information content (AvgIpc) is 2.67. The van der Waals surface area contributed by atoms with E-state index in [1.54, 1.807) is 29.1 Å². The van der Waals surface area contributed by atoms with Gasteiger partial charge in [-0.05, 0) is 24.3 Å². The summed E-state index contributed by atoms with van der Waals surface area (Å²) in [6.45, 7) is 0. The molecule has 0 unspecified atom stereocenters. The minimum atomic E-state index is -0.301. The van der Waals surface area contributed by atoms with Crippen LogP contribution < -0.4 is 0 Å². The second-order valence-corrected chi connectivity index (χ2v) is 3.07. The van der Waals surface area contributed by atoms with Crippen LogP contribution in [0.2, 0.25) is 0 Å². The highest BCUT2D eigenvalue weighted by molar-refractivity contribution is 5.31. The third-order valence-electron chi connectivity index (χ3n) is 1.98. The lowest BCUT2D eigenvalue weighted by atomic mass is 10.3. The first-order valence-corrected chi connectivity index (χ1v) is 4.47. The quantitative estimate of drug-likeness (QED) is 0.746. The molecule has 0 radical (unpaired) electrons. The first-order chi connectivity index (χ1) is 7.29. The third kappa shape index (κ3) is 2.02. The van der Waals surface area contributed by atoms with Crippen LogP contribution in [-0.4, -0.2) is 9.78 Å². The van der Waals surface area contributed by atoms with E-state index in [1.807, 2.05) is 6.07 Å². The standard InChI is InChI=1S/C11H8FN3/c12-9-2-1-3-11(8-9)15-7-5-10(14-15)4-6-13/h1-3,5,7-8H,4H2. The summed E-state index contributed by atoms with van der Waals surface area (Å²) in [5.41, 5.74) is 1.33. The van der Waals surface area contributed by atoms with Crippen molar-refractivity contribution < 1.29 is 4.39 Å². The summed E-state index contributed by atoms with van der Waals surface area (Å²) in [4.78, 5) is 0. The first-order valence-electron chi connectivity index (χ1n) is 4.47. The molecule has 0 aliphatic rings. The normalized spacial score (nSPS) is 9.87. The Morgan fingerprint density at radius 3 is 3.00 bits per heavy atom. The molecule has 0 N–H and O–H groups in total. The number of nitrogens with zero attached hydrogens (tertiary/aromatic N) is 3. The molecule has 0 amide bonds. The Bertz CT molecular complexity index is 511. The Morgan fingerprint density at radius 2 is 2.27 bits per heavy atom. The fourth-order valence-electron chi connectivity index (χ4n) is 1.30. The second kappa shape index (κ2) is 3.93. The van der Waals surface area contributed by atoms with Crippen LogP contribution in [0.5, 0.6) is 0 Å². The SMILES string of the molecule is N#CCc1ccn(-c2cccc(F)c2)n1. The fourth-order valence-corrected chi connectivity index (χ4v) is 1.30. The zero-order valence-electron chi connectivity index (χ0n) is 7.89. The van der Waals surface area contributed by atoms with E-state index in [4.69, 9.17) is 5.26 Å². The predicted octanol–water partition coefficient (Wildman–Crippen LogP) is 2.08. The van der Waals surface area contributed by atoms with Gasteiger partial charge in [0, 0.05) is 6.20 Å². The molecule has 1 heterocycles. The van der Waals surface area contributed by atoms with Crippen molar-refractivity contribution in [2.45, 2.75) is 6.42 Å². The maximum atomic E-state index is 12.9. The van der Waals surface area contributed by atoms with Crippen molar-refractivity contribution in [3.05, 3.63) is 48.0 Å². The molecule has 0 spiro atoms. The van der Waals surface area contributed by atoms with Gasteiger partial charge in [-0.3, -0.25) is 0 Å². The number of halogens is 1. The Balaban J connectivity index is 2.34. The molecule has 0 saturated carbocycles. The lowest BCUT2D eigenvalue weighted by molar-refractivity contribution is 0.625. The number of rotatable bonds is 2. The molecular weight excluding hydrogens is 193 g/mol. The smallest absolute Gasteiger partial charge is 0.125 e. The van der Waals surface area contributed by atoms with Gasteiger partial charge in [-0.1, -0.05) is 6.07 Å². The third-order valence-corrected chi connectivity index (χ3v) is 1.98. The van der Waals surface area contributed by atoms with Gasteiger partial charge in [0.1, 0.15) is 5.82 Å². The number of benzene rings is 1. The van der Waals surface area contributed by atoms with E-state index >= 15 is 0 Å². The molecule has 74 valence electrons. The van der Waals surface area contributed by atoms with Gasteiger partial charge < -0.3 is 0 Å². The molecule has 2 rings (SSSR count). The van der Waals surface area contributed by atoms with Crippen LogP contribution >= 0.6 is 0 Å². The summed E-state index contributed by atoms with van der Waals surface area (Å²) in [7, 11) is 0. The van der Waals surface area contributed by atoms with Gasteiger partial charge in [0.05, 0.1) is 23.9 Å². The van der Waals surface area contributed by atoms with Crippen LogP contribution in [-0.2, 0) is 6.42 Å². The number of aromatic nitrogens is 2. The zero-order valence-corrected chi connectivity index (χ0v) is 7.89. The van der Waals surface area contributed by atoms with Gasteiger partial charge in [-0.25, -0.2) is 9.07 Å². The topological polar surface area (TPSA) is 41.6 Å². The zero-order chi connectivity index (χ0) is 10.7. The Labute approximate surface area is 86.4 Å². The van der Waals surface area contributed by atoms with Gasteiger partial charge >= 0.3 is 0 Å². The first kappa shape index (κ1) is 9.41. The summed E-state index contributed by atoms with van der Waals surface area (Å²) in [6.07, 6.45) is 1.98. The molecule has 2 aromatic rings. The Kier molecular flexibility index (Phi) is 2.46. The summed E-state index contributed by atoms with van der Waals surface area (Å²) < 4.78 is 14.5. The minimum absolute atomic E-state index is 0.266. The molecule has 0 aliphatic heterocycles. The van der Waals surface area contributed by atoms with Crippen LogP contribution in [0.4, 0.5) is 4.39 Å². The van der Waals surface area contributed by atoms with E-state index in [9.17, 15) is 4.39 Å². The molecule has 1 aromatic heterocycles. The lowest BCUT2D eigenvalue weighted by Gasteiger charge is -2.00. The molecule has 0 aliphatic carbocycles. The summed E-state index contributed by atoms with van der Waals surface area (Å²) in [5, 5.41) is 12.6. The maximum Gasteiger partial charge on any atom is 0.125 e. The lowest BCUT2D eigenvalue weighted by Crippen LogP contribution is -1.96. The van der Waals surface area contributed by atoms with Crippen molar-refractivity contribution >= 4 is 0 Å². The van der Waals surface area contributed by atoms with Crippen molar-refractivity contribution in [3.63, 3.8) is 0 Å². The van der Waals surface area contributed by atoms with Gasteiger partial charge in [-0.2, -0.15) is 10.4 Å². The number of hydrogen-bond donors (Lipinski definition) is 0. The average molecular weight is 201 g/mol. The molecule has 15 heavy (non-hydrogen) atoms. The highest BCUT2D eigenvalue weighted by Gasteiger charge is 2.01. The van der Waals surface area contributed by atoms with Crippen molar-refractivity contribution in [1.29, 1.82) is 5.26 Å². The van der Waals surface area contributed by atoms with Crippen LogP contribution in [0.1, 0.15) is 5.69 Å². The van der Waals surface area contributed by atoms with E-state index in [2.05, 4.69) is 5.10 Å². The van der Waals surface area contributed by atoms with Crippen molar-refractivity contribution in [2.75, 3.05) is 0 Å². The van der Waals surface area contributed by atoms with Crippen molar-refractivity contribution in [3.8, 4) is 11.8 Å². The van der Waals surface area contributed by atoms with E-state index in [1.165, 1.54) is 12.1 Å². The molecule has 0 saturated heterocycles. The molecule has 4 heteroatoms. The van der Waals surface area contributed by atoms with Crippen molar-refractivity contribution in [1.82, 2.24) is 9.78 Å². The molecule has 0 fully saturated rings. The second-order valence-electron chi connectivity index (χ2n) is 3.07. The number of nitriles is 1. The van der Waals surface area contributed by atoms with Crippen LogP contribution in [0.15, 0.2) is 36.5 Å². The minimum Gasteiger partial charge on any atom is -0.241 e. The summed E-state index contributed by atoms with van der Waals surface area (Å²) >= 11 is 0. The van der Waals surface area contributed by atoms with Crippen LogP contribution in [0, 0.1) is 17.1 Å². The van der Waals surface area contributed by atoms with E-state index in [0.717, 1.165) is 0 Å². The summed E-state index contributed by atoms with van der Waals surface area (Å²) in [6, 6.07) is 9.90. The maximum absolute atomic E-state index is 12.9. The van der Waals surface area contributed by atoms with Crippen LogP contribution in [0.3, 0.4) is 0 Å². The van der Waals surface area contributed by atoms with Crippen molar-refractivity contribution in [2.24, 2.45) is 0 Å². The largest absolute Gasteiger partial charge is 0.241 e. The van der Waals surface area contributed by atoms with E-state index < -0.39 is 0 Å². The van der Waals surface area contributed by atoms with Gasteiger partial charge in [0.25, 0.3) is 0 Å². The predicted molar refractivity (Wildman–Crippen MR) is 52.8 cm³/mol. The molecule has 0 atom stereocenters. The Morgan fingerprint density at radius 1 is 1.40 bits per heavy atom. The molecular formula is C11H8FN3. The Hall–Kier alpha value is -2.15. The molecule has 0 bridgehead atoms. The highest BCUT2D eigenvalue weighted by atomic mass is 19.1. The monoisotopic (exact) mass is 201 g/mol. The van der Waals surface area contributed by atoms with E-state index in [-0.39, 0.29) is 12.2 Å². The van der Waals surface area contributed by atoms with Crippen LogP contribution in [0.25, 0.3) is 5.69 Å². The summed E-state index contributed by atoms with van der Waals surface area (Å²) in [5.74, 6) is -0.301. The molecule has 3 nitrogen and oxygen atoms in total. The van der Waals surface area contributed by atoms with Gasteiger partial charge in [-0.15, -0.1) is 0 Å². The highest BCUT2D eigenvalue weighted by Crippen LogP contribution is 2.09. The number of hydrogen-bond acceptors (Lipinski definition) is 2.